The van der Waals surface area contributed by atoms with Gasteiger partial charge in [0.15, 0.2) is 17.5 Å². The minimum Gasteiger partial charge on any atom is -0.388 e. The van der Waals surface area contributed by atoms with E-state index >= 15 is 0 Å². The van der Waals surface area contributed by atoms with Crippen LogP contribution in [0.5, 0.6) is 0 Å². The standard InChI is InChI=1S/C10H11F3O/c1-2-3-8(14)6-4-5-7(11)10(13)9(6)12/h4-5,8,14H,2-3H2,1H3. The van der Waals surface area contributed by atoms with Crippen molar-refractivity contribution in [2.45, 2.75) is 25.9 Å². The predicted octanol–water partition coefficient (Wildman–Crippen LogP) is 2.94. The molecule has 0 aliphatic rings. The molecule has 1 atom stereocenters. The maximum Gasteiger partial charge on any atom is 0.194 e. The molecule has 0 spiro atoms. The Balaban J connectivity index is 3.04. The molecule has 1 rings (SSSR count). The molecule has 1 aromatic carbocycles. The molecule has 14 heavy (non-hydrogen) atoms. The summed E-state index contributed by atoms with van der Waals surface area (Å²) in [5, 5.41) is 9.39. The maximum atomic E-state index is 13.1. The Kier molecular flexibility index (Phi) is 3.52. The average Bonchev–Trinajstić information content (AvgIpc) is 2.15. The average molecular weight is 204 g/mol. The number of halogens is 3. The molecule has 1 unspecified atom stereocenters. The van der Waals surface area contributed by atoms with Crippen molar-refractivity contribution in [3.8, 4) is 0 Å². The van der Waals surface area contributed by atoms with Gasteiger partial charge in [-0.05, 0) is 12.5 Å². The number of aliphatic hydroxyl groups excluding tert-OH is 1. The van der Waals surface area contributed by atoms with Gasteiger partial charge in [0, 0.05) is 5.56 Å². The third-order valence-corrected chi connectivity index (χ3v) is 1.99. The Hall–Kier alpha value is -1.03. The van der Waals surface area contributed by atoms with Crippen LogP contribution >= 0.6 is 0 Å². The zero-order valence-electron chi connectivity index (χ0n) is 7.73. The molecule has 78 valence electrons. The summed E-state index contributed by atoms with van der Waals surface area (Å²) in [5.41, 5.74) is -0.189. The Morgan fingerprint density at radius 2 is 1.86 bits per heavy atom. The van der Waals surface area contributed by atoms with Gasteiger partial charge in [0.25, 0.3) is 0 Å². The molecule has 4 heteroatoms. The number of benzene rings is 1. The van der Waals surface area contributed by atoms with Crippen LogP contribution in [0, 0.1) is 17.5 Å². The quantitative estimate of drug-likeness (QED) is 0.750. The Morgan fingerprint density at radius 3 is 2.43 bits per heavy atom. The molecule has 0 bridgehead atoms. The molecule has 0 radical (unpaired) electrons. The van der Waals surface area contributed by atoms with Gasteiger partial charge < -0.3 is 5.11 Å². The molecule has 0 saturated heterocycles. The number of rotatable bonds is 3. The molecule has 0 aliphatic heterocycles. The second kappa shape index (κ2) is 4.46. The largest absolute Gasteiger partial charge is 0.388 e. The van der Waals surface area contributed by atoms with Gasteiger partial charge in [-0.25, -0.2) is 13.2 Å². The van der Waals surface area contributed by atoms with E-state index in [2.05, 4.69) is 0 Å². The van der Waals surface area contributed by atoms with Crippen molar-refractivity contribution in [2.24, 2.45) is 0 Å². The molecular weight excluding hydrogens is 193 g/mol. The van der Waals surface area contributed by atoms with Crippen molar-refractivity contribution >= 4 is 0 Å². The molecule has 1 N–H and O–H groups in total. The first kappa shape index (κ1) is 11.0. The summed E-state index contributed by atoms with van der Waals surface area (Å²) in [5.74, 6) is -4.07. The predicted molar refractivity (Wildman–Crippen MR) is 46.2 cm³/mol. The third-order valence-electron chi connectivity index (χ3n) is 1.99. The van der Waals surface area contributed by atoms with Gasteiger partial charge in [-0.15, -0.1) is 0 Å². The Labute approximate surface area is 80.2 Å². The Morgan fingerprint density at radius 1 is 1.21 bits per heavy atom. The van der Waals surface area contributed by atoms with E-state index in [-0.39, 0.29) is 5.56 Å². The fraction of sp³-hybridized carbons (Fsp3) is 0.400. The van der Waals surface area contributed by atoms with Crippen molar-refractivity contribution in [1.29, 1.82) is 0 Å². The van der Waals surface area contributed by atoms with Gasteiger partial charge in [0.2, 0.25) is 0 Å². The van der Waals surface area contributed by atoms with Crippen LogP contribution in [0.2, 0.25) is 0 Å². The summed E-state index contributed by atoms with van der Waals surface area (Å²) in [6, 6.07) is 1.88. The van der Waals surface area contributed by atoms with E-state index in [1.807, 2.05) is 0 Å². The molecular formula is C10H11F3O. The normalized spacial score (nSPS) is 12.9. The van der Waals surface area contributed by atoms with Crippen LogP contribution in [0.25, 0.3) is 0 Å². The van der Waals surface area contributed by atoms with Crippen molar-refractivity contribution in [2.75, 3.05) is 0 Å². The van der Waals surface area contributed by atoms with Crippen molar-refractivity contribution < 1.29 is 18.3 Å². The molecule has 0 aromatic heterocycles. The van der Waals surface area contributed by atoms with Crippen LogP contribution in [-0.2, 0) is 0 Å². The zero-order valence-corrected chi connectivity index (χ0v) is 7.73. The molecule has 0 amide bonds. The summed E-state index contributed by atoms with van der Waals surface area (Å²) >= 11 is 0. The van der Waals surface area contributed by atoms with Crippen LogP contribution in [0.1, 0.15) is 31.4 Å². The van der Waals surface area contributed by atoms with Gasteiger partial charge in [0.1, 0.15) is 0 Å². The van der Waals surface area contributed by atoms with E-state index < -0.39 is 23.6 Å². The zero-order chi connectivity index (χ0) is 10.7. The first-order valence-corrected chi connectivity index (χ1v) is 4.39. The van der Waals surface area contributed by atoms with E-state index in [9.17, 15) is 18.3 Å². The van der Waals surface area contributed by atoms with E-state index in [4.69, 9.17) is 0 Å². The van der Waals surface area contributed by atoms with Crippen molar-refractivity contribution in [3.05, 3.63) is 35.1 Å². The van der Waals surface area contributed by atoms with E-state index in [0.717, 1.165) is 12.1 Å². The molecule has 0 aliphatic carbocycles. The minimum absolute atomic E-state index is 0.189. The highest BCUT2D eigenvalue weighted by molar-refractivity contribution is 5.22. The lowest BCUT2D eigenvalue weighted by molar-refractivity contribution is 0.160. The van der Waals surface area contributed by atoms with E-state index in [1.54, 1.807) is 6.92 Å². The second-order valence-corrected chi connectivity index (χ2v) is 3.07. The molecule has 1 nitrogen and oxygen atoms in total. The lowest BCUT2D eigenvalue weighted by Crippen LogP contribution is -2.03. The van der Waals surface area contributed by atoms with Gasteiger partial charge in [-0.3, -0.25) is 0 Å². The van der Waals surface area contributed by atoms with Gasteiger partial charge in [0.05, 0.1) is 6.10 Å². The highest BCUT2D eigenvalue weighted by Crippen LogP contribution is 2.24. The Bertz CT molecular complexity index is 325. The summed E-state index contributed by atoms with van der Waals surface area (Å²) in [4.78, 5) is 0. The van der Waals surface area contributed by atoms with Crippen LogP contribution in [0.4, 0.5) is 13.2 Å². The lowest BCUT2D eigenvalue weighted by atomic mass is 10.0. The highest BCUT2D eigenvalue weighted by atomic mass is 19.2. The van der Waals surface area contributed by atoms with Gasteiger partial charge in [-0.1, -0.05) is 19.4 Å². The minimum atomic E-state index is -1.53. The topological polar surface area (TPSA) is 20.2 Å². The molecule has 0 fully saturated rings. The lowest BCUT2D eigenvalue weighted by Gasteiger charge is -2.10. The monoisotopic (exact) mass is 204 g/mol. The van der Waals surface area contributed by atoms with Crippen LogP contribution in [0.3, 0.4) is 0 Å². The molecule has 0 saturated carbocycles. The maximum absolute atomic E-state index is 13.1. The highest BCUT2D eigenvalue weighted by Gasteiger charge is 2.18. The fourth-order valence-electron chi connectivity index (χ4n) is 1.23. The van der Waals surface area contributed by atoms with Crippen LogP contribution < -0.4 is 0 Å². The first-order valence-electron chi connectivity index (χ1n) is 4.39. The smallest absolute Gasteiger partial charge is 0.194 e. The SMILES string of the molecule is CCCC(O)c1ccc(F)c(F)c1F. The number of hydrogen-bond acceptors (Lipinski definition) is 1. The second-order valence-electron chi connectivity index (χ2n) is 3.07. The van der Waals surface area contributed by atoms with Crippen molar-refractivity contribution in [1.82, 2.24) is 0 Å². The number of aliphatic hydroxyl groups is 1. The fourth-order valence-corrected chi connectivity index (χ4v) is 1.23. The van der Waals surface area contributed by atoms with Crippen LogP contribution in [-0.4, -0.2) is 5.11 Å². The van der Waals surface area contributed by atoms with Gasteiger partial charge >= 0.3 is 0 Å². The summed E-state index contributed by atoms with van der Waals surface area (Å²) in [6.07, 6.45) is -0.114. The number of hydrogen-bond donors (Lipinski definition) is 1. The summed E-state index contributed by atoms with van der Waals surface area (Å²) < 4.78 is 38.3. The summed E-state index contributed by atoms with van der Waals surface area (Å²) in [7, 11) is 0. The molecule has 1 aromatic rings. The third kappa shape index (κ3) is 2.07. The summed E-state index contributed by atoms with van der Waals surface area (Å²) in [6.45, 7) is 1.81. The van der Waals surface area contributed by atoms with E-state index in [0.29, 0.717) is 12.8 Å². The molecule has 0 heterocycles. The first-order chi connectivity index (χ1) is 6.57. The van der Waals surface area contributed by atoms with Crippen LogP contribution in [0.15, 0.2) is 12.1 Å². The van der Waals surface area contributed by atoms with Crippen molar-refractivity contribution in [3.63, 3.8) is 0 Å². The van der Waals surface area contributed by atoms with E-state index in [1.165, 1.54) is 0 Å². The van der Waals surface area contributed by atoms with Gasteiger partial charge in [-0.2, -0.15) is 0 Å².